The summed E-state index contributed by atoms with van der Waals surface area (Å²) in [5, 5.41) is 18.5. The first kappa shape index (κ1) is 20.1. The lowest BCUT2D eigenvalue weighted by molar-refractivity contribution is -0.137. The molecule has 0 bridgehead atoms. The van der Waals surface area contributed by atoms with E-state index in [0.29, 0.717) is 25.7 Å². The van der Waals surface area contributed by atoms with Gasteiger partial charge in [-0.2, -0.15) is 0 Å². The Morgan fingerprint density at radius 3 is 2.79 bits per heavy atom. The number of aliphatic carboxylic acids is 1. The predicted octanol–water partition coefficient (Wildman–Crippen LogP) is 3.83. The van der Waals surface area contributed by atoms with Crippen molar-refractivity contribution in [2.45, 2.75) is 51.6 Å². The van der Waals surface area contributed by atoms with Crippen LogP contribution in [0.15, 0.2) is 48.6 Å². The van der Waals surface area contributed by atoms with Crippen LogP contribution in [0.3, 0.4) is 0 Å². The van der Waals surface area contributed by atoms with Gasteiger partial charge in [-0.1, -0.05) is 49.5 Å². The Morgan fingerprint density at radius 1 is 1.29 bits per heavy atom. The van der Waals surface area contributed by atoms with Crippen LogP contribution in [0.25, 0.3) is 0 Å². The number of ketones is 1. The average molecular weight is 332 g/mol. The smallest absolute Gasteiger partial charge is 0.303 e. The van der Waals surface area contributed by atoms with Crippen LogP contribution >= 0.6 is 0 Å². The van der Waals surface area contributed by atoms with Crippen LogP contribution in [0.1, 0.15) is 45.4 Å². The van der Waals surface area contributed by atoms with Gasteiger partial charge in [-0.15, -0.1) is 0 Å². The maximum atomic E-state index is 11.9. The van der Waals surface area contributed by atoms with Crippen molar-refractivity contribution >= 4 is 11.8 Å². The number of carbonyl (C=O) groups is 2. The number of unbranched alkanes of at least 4 members (excludes halogenated alkanes) is 1. The number of aliphatic hydroxyl groups is 1. The zero-order valence-electron chi connectivity index (χ0n) is 14.3. The van der Waals surface area contributed by atoms with Crippen molar-refractivity contribution in [2.24, 2.45) is 11.8 Å². The van der Waals surface area contributed by atoms with Crippen molar-refractivity contribution in [3.8, 4) is 0 Å². The fourth-order valence-corrected chi connectivity index (χ4v) is 2.59. The van der Waals surface area contributed by atoms with Gasteiger partial charge >= 0.3 is 5.97 Å². The third kappa shape index (κ3) is 8.06. The summed E-state index contributed by atoms with van der Waals surface area (Å²) in [6, 6.07) is 0. The van der Waals surface area contributed by atoms with Gasteiger partial charge in [-0.05, 0) is 38.2 Å². The Balaban J connectivity index is 2.42. The lowest BCUT2D eigenvalue weighted by Crippen LogP contribution is -2.14. The Kier molecular flexibility index (Phi) is 9.70. The molecule has 1 rings (SSSR count). The number of rotatable bonds is 11. The van der Waals surface area contributed by atoms with E-state index < -0.39 is 12.1 Å². The van der Waals surface area contributed by atoms with Crippen molar-refractivity contribution < 1.29 is 19.8 Å². The first-order chi connectivity index (χ1) is 11.5. The molecule has 24 heavy (non-hydrogen) atoms. The van der Waals surface area contributed by atoms with Crippen LogP contribution in [0.2, 0.25) is 0 Å². The number of carboxylic acid groups (broad SMARTS) is 1. The van der Waals surface area contributed by atoms with Gasteiger partial charge in [0.2, 0.25) is 0 Å². The highest BCUT2D eigenvalue weighted by Gasteiger charge is 2.27. The normalized spacial score (nSPS) is 22.3. The number of allylic oxidation sites excluding steroid dienone is 6. The molecular weight excluding hydrogens is 304 g/mol. The van der Waals surface area contributed by atoms with E-state index in [4.69, 9.17) is 5.11 Å². The lowest BCUT2D eigenvalue weighted by Gasteiger charge is -2.13. The average Bonchev–Trinajstić information content (AvgIpc) is 2.89. The molecule has 0 saturated heterocycles. The van der Waals surface area contributed by atoms with Crippen LogP contribution < -0.4 is 0 Å². The summed E-state index contributed by atoms with van der Waals surface area (Å²) >= 11 is 0. The zero-order valence-corrected chi connectivity index (χ0v) is 14.3. The molecule has 0 aromatic carbocycles. The molecule has 0 heterocycles. The minimum Gasteiger partial charge on any atom is -0.481 e. The number of hydrogen-bond donors (Lipinski definition) is 2. The standard InChI is InChI=1S/C20H28O4/c1-2-3-6-9-17(21)14-12-16-13-15-19(22)18(16)10-7-4-5-8-11-20(23)24/h3-4,6-7,12-18,21H,2,5,8-11H2,1H3,(H,23,24)/b6-3+,7-4+,14-12+/t16?,17-,18+/m0/s1. The van der Waals surface area contributed by atoms with Crippen LogP contribution in [-0.2, 0) is 9.59 Å². The van der Waals surface area contributed by atoms with Crippen molar-refractivity contribution in [3.63, 3.8) is 0 Å². The van der Waals surface area contributed by atoms with E-state index in [2.05, 4.69) is 0 Å². The lowest BCUT2D eigenvalue weighted by atomic mass is 9.90. The quantitative estimate of drug-likeness (QED) is 0.445. The van der Waals surface area contributed by atoms with Crippen LogP contribution in [-0.4, -0.2) is 28.1 Å². The van der Waals surface area contributed by atoms with E-state index in [1.807, 2.05) is 43.4 Å². The molecular formula is C20H28O4. The van der Waals surface area contributed by atoms with Crippen LogP contribution in [0.5, 0.6) is 0 Å². The molecule has 4 nitrogen and oxygen atoms in total. The number of hydrogen-bond acceptors (Lipinski definition) is 3. The molecule has 3 atom stereocenters. The summed E-state index contributed by atoms with van der Waals surface area (Å²) in [5.74, 6) is -0.766. The summed E-state index contributed by atoms with van der Waals surface area (Å²) in [5.41, 5.74) is 0. The number of carboxylic acids is 1. The molecule has 0 aliphatic heterocycles. The highest BCUT2D eigenvalue weighted by atomic mass is 16.4. The summed E-state index contributed by atoms with van der Waals surface area (Å²) in [6.07, 6.45) is 18.2. The second-order valence-electron chi connectivity index (χ2n) is 6.01. The maximum absolute atomic E-state index is 11.9. The van der Waals surface area contributed by atoms with Gasteiger partial charge in [0.25, 0.3) is 0 Å². The van der Waals surface area contributed by atoms with Crippen molar-refractivity contribution in [3.05, 3.63) is 48.6 Å². The fourth-order valence-electron chi connectivity index (χ4n) is 2.59. The molecule has 0 radical (unpaired) electrons. The molecule has 0 saturated carbocycles. The number of aliphatic hydroxyl groups excluding tert-OH is 1. The van der Waals surface area contributed by atoms with Crippen LogP contribution in [0.4, 0.5) is 0 Å². The van der Waals surface area contributed by atoms with Gasteiger partial charge in [0, 0.05) is 18.3 Å². The van der Waals surface area contributed by atoms with Gasteiger partial charge in [0.1, 0.15) is 0 Å². The minimum absolute atomic E-state index is 0.0194. The second kappa shape index (κ2) is 11.6. The maximum Gasteiger partial charge on any atom is 0.303 e. The second-order valence-corrected chi connectivity index (χ2v) is 6.01. The Morgan fingerprint density at radius 2 is 2.08 bits per heavy atom. The Labute approximate surface area is 144 Å². The van der Waals surface area contributed by atoms with Crippen molar-refractivity contribution in [2.75, 3.05) is 0 Å². The molecule has 132 valence electrons. The summed E-state index contributed by atoms with van der Waals surface area (Å²) in [7, 11) is 0. The summed E-state index contributed by atoms with van der Waals surface area (Å²) < 4.78 is 0. The number of carbonyl (C=O) groups excluding carboxylic acids is 1. The van der Waals surface area contributed by atoms with E-state index >= 15 is 0 Å². The van der Waals surface area contributed by atoms with E-state index in [9.17, 15) is 14.7 Å². The fraction of sp³-hybridized carbons (Fsp3) is 0.500. The first-order valence-corrected chi connectivity index (χ1v) is 8.64. The van der Waals surface area contributed by atoms with Gasteiger partial charge < -0.3 is 10.2 Å². The SMILES string of the molecule is CC/C=C/C[C@H](O)/C=C/C1C=CC(=O)[C@@H]1C/C=C/CCCC(=O)O. The van der Waals surface area contributed by atoms with Gasteiger partial charge in [0.05, 0.1) is 6.10 Å². The zero-order chi connectivity index (χ0) is 17.8. The molecule has 0 amide bonds. The molecule has 2 N–H and O–H groups in total. The molecule has 0 spiro atoms. The summed E-state index contributed by atoms with van der Waals surface area (Å²) in [6.45, 7) is 2.05. The topological polar surface area (TPSA) is 74.6 Å². The third-order valence-electron chi connectivity index (χ3n) is 3.97. The van der Waals surface area contributed by atoms with Crippen LogP contribution in [0, 0.1) is 11.8 Å². The monoisotopic (exact) mass is 332 g/mol. The summed E-state index contributed by atoms with van der Waals surface area (Å²) in [4.78, 5) is 22.4. The van der Waals surface area contributed by atoms with E-state index in [-0.39, 0.29) is 24.0 Å². The molecule has 1 unspecified atom stereocenters. The molecule has 0 fully saturated rings. The largest absolute Gasteiger partial charge is 0.481 e. The van der Waals surface area contributed by atoms with Gasteiger partial charge in [-0.25, -0.2) is 0 Å². The predicted molar refractivity (Wildman–Crippen MR) is 95.6 cm³/mol. The van der Waals surface area contributed by atoms with E-state index in [1.165, 1.54) is 0 Å². The Bertz CT molecular complexity index is 514. The van der Waals surface area contributed by atoms with E-state index in [1.54, 1.807) is 12.2 Å². The van der Waals surface area contributed by atoms with Crippen molar-refractivity contribution in [1.29, 1.82) is 0 Å². The molecule has 0 aromatic heterocycles. The Hall–Kier alpha value is -1.94. The minimum atomic E-state index is -0.781. The molecule has 4 heteroatoms. The highest BCUT2D eigenvalue weighted by molar-refractivity contribution is 5.95. The van der Waals surface area contributed by atoms with Gasteiger partial charge in [-0.3, -0.25) is 9.59 Å². The molecule has 1 aliphatic carbocycles. The van der Waals surface area contributed by atoms with Crippen molar-refractivity contribution in [1.82, 2.24) is 0 Å². The molecule has 0 aromatic rings. The van der Waals surface area contributed by atoms with E-state index in [0.717, 1.165) is 6.42 Å². The third-order valence-corrected chi connectivity index (χ3v) is 3.97. The first-order valence-electron chi connectivity index (χ1n) is 8.64. The highest BCUT2D eigenvalue weighted by Crippen LogP contribution is 2.27. The molecule has 1 aliphatic rings. The van der Waals surface area contributed by atoms with Gasteiger partial charge in [0.15, 0.2) is 5.78 Å².